The molecule has 0 aliphatic carbocycles. The van der Waals surface area contributed by atoms with E-state index in [0.29, 0.717) is 26.3 Å². The molecule has 0 N–H and O–H groups in total. The summed E-state index contributed by atoms with van der Waals surface area (Å²) >= 11 is 3.49. The molecule has 1 aromatic carbocycles. The smallest absolute Gasteiger partial charge is 0.228 e. The Morgan fingerprint density at radius 3 is 2.74 bits per heavy atom. The van der Waals surface area contributed by atoms with E-state index in [1.165, 1.54) is 0 Å². The van der Waals surface area contributed by atoms with Gasteiger partial charge in [0.05, 0.1) is 19.1 Å². The second-order valence-corrected chi connectivity index (χ2v) is 8.49. The van der Waals surface area contributed by atoms with Crippen LogP contribution in [0.15, 0.2) is 22.7 Å². The monoisotopic (exact) mass is 436 g/mol. The summed E-state index contributed by atoms with van der Waals surface area (Å²) in [5.41, 5.74) is 1.94. The Morgan fingerprint density at radius 1 is 1.22 bits per heavy atom. The van der Waals surface area contributed by atoms with Gasteiger partial charge in [-0.15, -0.1) is 0 Å². The average Bonchev–Trinajstić information content (AvgIpc) is 3.33. The molecule has 0 bridgehead atoms. The van der Waals surface area contributed by atoms with Crippen molar-refractivity contribution in [3.05, 3.63) is 28.2 Å². The fourth-order valence-corrected chi connectivity index (χ4v) is 4.51. The Bertz CT molecular complexity index is 735. The maximum Gasteiger partial charge on any atom is 0.228 e. The Hall–Kier alpha value is -1.44. The summed E-state index contributed by atoms with van der Waals surface area (Å²) in [6, 6.07) is 5.86. The van der Waals surface area contributed by atoms with Gasteiger partial charge >= 0.3 is 0 Å². The molecule has 0 unspecified atom stereocenters. The number of halogens is 1. The van der Waals surface area contributed by atoms with Gasteiger partial charge in [-0.1, -0.05) is 15.9 Å². The van der Waals surface area contributed by atoms with Gasteiger partial charge in [0.2, 0.25) is 11.8 Å². The molecule has 6 nitrogen and oxygen atoms in total. The predicted octanol–water partition coefficient (Wildman–Crippen LogP) is 2.72. The third kappa shape index (κ3) is 3.91. The van der Waals surface area contributed by atoms with Crippen LogP contribution in [0.4, 0.5) is 5.69 Å². The minimum Gasteiger partial charge on any atom is -0.350 e. The number of likely N-dealkylation sites (tertiary alicyclic amines) is 1. The highest BCUT2D eigenvalue weighted by Crippen LogP contribution is 2.31. The van der Waals surface area contributed by atoms with E-state index in [0.717, 1.165) is 35.1 Å². The van der Waals surface area contributed by atoms with Crippen molar-refractivity contribution in [2.45, 2.75) is 32.5 Å². The van der Waals surface area contributed by atoms with E-state index in [1.807, 2.05) is 30.0 Å². The number of amides is 2. The maximum absolute atomic E-state index is 13.1. The number of rotatable bonds is 3. The highest BCUT2D eigenvalue weighted by Gasteiger charge is 2.40. The zero-order valence-electron chi connectivity index (χ0n) is 15.5. The number of benzene rings is 1. The van der Waals surface area contributed by atoms with Crippen molar-refractivity contribution in [3.8, 4) is 0 Å². The first-order valence-electron chi connectivity index (χ1n) is 9.61. The van der Waals surface area contributed by atoms with E-state index in [1.54, 1.807) is 4.90 Å². The molecule has 3 aliphatic heterocycles. The van der Waals surface area contributed by atoms with Crippen molar-refractivity contribution in [3.63, 3.8) is 0 Å². The van der Waals surface area contributed by atoms with Crippen LogP contribution in [0.5, 0.6) is 0 Å². The molecule has 0 aromatic heterocycles. The zero-order chi connectivity index (χ0) is 19.0. The van der Waals surface area contributed by atoms with Gasteiger partial charge in [0.25, 0.3) is 0 Å². The Labute approximate surface area is 167 Å². The molecule has 0 spiro atoms. The van der Waals surface area contributed by atoms with Crippen LogP contribution in [-0.2, 0) is 19.1 Å². The molecule has 27 heavy (non-hydrogen) atoms. The minimum atomic E-state index is -0.273. The Morgan fingerprint density at radius 2 is 2.00 bits per heavy atom. The van der Waals surface area contributed by atoms with E-state index in [4.69, 9.17) is 9.47 Å². The van der Waals surface area contributed by atoms with E-state index in [-0.39, 0.29) is 36.4 Å². The normalized spacial score (nSPS) is 26.8. The van der Waals surface area contributed by atoms with Crippen molar-refractivity contribution in [2.24, 2.45) is 11.8 Å². The Kier molecular flexibility index (Phi) is 5.53. The molecule has 7 heteroatoms. The molecule has 0 saturated carbocycles. The summed E-state index contributed by atoms with van der Waals surface area (Å²) in [5.74, 6) is 0.0617. The summed E-state index contributed by atoms with van der Waals surface area (Å²) < 4.78 is 12.3. The molecule has 3 fully saturated rings. The summed E-state index contributed by atoms with van der Waals surface area (Å²) in [5, 5.41) is 0. The molecule has 3 saturated heterocycles. The third-order valence-electron chi connectivity index (χ3n) is 5.73. The van der Waals surface area contributed by atoms with Gasteiger partial charge in [-0.2, -0.15) is 0 Å². The number of aryl methyl sites for hydroxylation is 1. The number of piperidine rings is 1. The summed E-state index contributed by atoms with van der Waals surface area (Å²) in [6.07, 6.45) is 2.07. The third-order valence-corrected chi connectivity index (χ3v) is 6.62. The molecule has 3 heterocycles. The van der Waals surface area contributed by atoms with Crippen molar-refractivity contribution >= 4 is 33.4 Å². The van der Waals surface area contributed by atoms with E-state index in [2.05, 4.69) is 15.9 Å². The lowest BCUT2D eigenvalue weighted by atomic mass is 9.95. The predicted molar refractivity (Wildman–Crippen MR) is 104 cm³/mol. The standard InChI is InChI=1S/C20H25BrN2O4/c1-13-9-16(4-5-17(13)21)23-12-15(10-18(23)24)19(25)22-6-2-3-14(11-22)20-26-7-8-27-20/h4-5,9,14-15,20H,2-3,6-8,10-12H2,1H3/t14-,15+/m1/s1. The largest absolute Gasteiger partial charge is 0.350 e. The number of hydrogen-bond donors (Lipinski definition) is 0. The van der Waals surface area contributed by atoms with E-state index >= 15 is 0 Å². The van der Waals surface area contributed by atoms with Crippen molar-refractivity contribution in [1.29, 1.82) is 0 Å². The number of anilines is 1. The van der Waals surface area contributed by atoms with Crippen molar-refractivity contribution in [2.75, 3.05) is 37.7 Å². The highest BCUT2D eigenvalue weighted by atomic mass is 79.9. The van der Waals surface area contributed by atoms with Gasteiger partial charge in [0.15, 0.2) is 6.29 Å². The molecule has 146 valence electrons. The number of nitrogens with zero attached hydrogens (tertiary/aromatic N) is 2. The first-order chi connectivity index (χ1) is 13.0. The van der Waals surface area contributed by atoms with Crippen LogP contribution in [0.2, 0.25) is 0 Å². The van der Waals surface area contributed by atoms with Crippen LogP contribution in [0.3, 0.4) is 0 Å². The van der Waals surface area contributed by atoms with Gasteiger partial charge in [0, 0.05) is 42.1 Å². The van der Waals surface area contributed by atoms with Gasteiger partial charge in [-0.05, 0) is 43.5 Å². The molecule has 1 aromatic rings. The average molecular weight is 437 g/mol. The molecule has 2 amide bonds. The fraction of sp³-hybridized carbons (Fsp3) is 0.600. The molecule has 2 atom stereocenters. The molecule has 3 aliphatic rings. The number of carbonyl (C=O) groups is 2. The first-order valence-corrected chi connectivity index (χ1v) is 10.4. The van der Waals surface area contributed by atoms with Crippen molar-refractivity contribution < 1.29 is 19.1 Å². The zero-order valence-corrected chi connectivity index (χ0v) is 17.1. The van der Waals surface area contributed by atoms with E-state index < -0.39 is 0 Å². The number of ether oxygens (including phenoxy) is 2. The lowest BCUT2D eigenvalue weighted by molar-refractivity contribution is -0.143. The summed E-state index contributed by atoms with van der Waals surface area (Å²) in [7, 11) is 0. The lowest BCUT2D eigenvalue weighted by Gasteiger charge is -2.36. The lowest BCUT2D eigenvalue weighted by Crippen LogP contribution is -2.46. The number of carbonyl (C=O) groups excluding carboxylic acids is 2. The van der Waals surface area contributed by atoms with Crippen LogP contribution >= 0.6 is 15.9 Å². The van der Waals surface area contributed by atoms with Crippen LogP contribution in [-0.4, -0.2) is 55.9 Å². The summed E-state index contributed by atoms with van der Waals surface area (Å²) in [6.45, 7) is 5.13. The highest BCUT2D eigenvalue weighted by molar-refractivity contribution is 9.10. The molecule has 0 radical (unpaired) electrons. The molecular formula is C20H25BrN2O4. The second-order valence-electron chi connectivity index (χ2n) is 7.64. The van der Waals surface area contributed by atoms with Crippen LogP contribution in [0, 0.1) is 18.8 Å². The quantitative estimate of drug-likeness (QED) is 0.730. The van der Waals surface area contributed by atoms with Crippen molar-refractivity contribution in [1.82, 2.24) is 4.90 Å². The summed E-state index contributed by atoms with van der Waals surface area (Å²) in [4.78, 5) is 29.3. The van der Waals surface area contributed by atoms with Crippen LogP contribution in [0.25, 0.3) is 0 Å². The SMILES string of the molecule is Cc1cc(N2C[C@@H](C(=O)N3CCC[C@@H](C4OCCO4)C3)CC2=O)ccc1Br. The van der Waals surface area contributed by atoms with Crippen LogP contribution in [0.1, 0.15) is 24.8 Å². The first kappa shape index (κ1) is 18.9. The number of hydrogen-bond acceptors (Lipinski definition) is 4. The van der Waals surface area contributed by atoms with Gasteiger partial charge in [-0.25, -0.2) is 0 Å². The van der Waals surface area contributed by atoms with Gasteiger partial charge < -0.3 is 19.3 Å². The van der Waals surface area contributed by atoms with Gasteiger partial charge in [-0.3, -0.25) is 9.59 Å². The van der Waals surface area contributed by atoms with E-state index in [9.17, 15) is 9.59 Å². The molecule has 4 rings (SSSR count). The Balaban J connectivity index is 1.41. The maximum atomic E-state index is 13.1. The topological polar surface area (TPSA) is 59.1 Å². The second kappa shape index (κ2) is 7.89. The molecular weight excluding hydrogens is 412 g/mol. The minimum absolute atomic E-state index is 0.0195. The fourth-order valence-electron chi connectivity index (χ4n) is 4.26. The van der Waals surface area contributed by atoms with Crippen LogP contribution < -0.4 is 4.90 Å². The van der Waals surface area contributed by atoms with Gasteiger partial charge in [0.1, 0.15) is 0 Å².